The zero-order chi connectivity index (χ0) is 13.2. The second-order valence-electron chi connectivity index (χ2n) is 4.43. The molecule has 96 valence electrons. The molecule has 0 amide bonds. The van der Waals surface area contributed by atoms with Crippen molar-refractivity contribution in [2.24, 2.45) is 0 Å². The van der Waals surface area contributed by atoms with Crippen LogP contribution in [-0.2, 0) is 12.8 Å². The van der Waals surface area contributed by atoms with Crippen molar-refractivity contribution in [3.05, 3.63) is 59.7 Å². The van der Waals surface area contributed by atoms with E-state index in [0.29, 0.717) is 12.3 Å². The van der Waals surface area contributed by atoms with Crippen LogP contribution in [0.5, 0.6) is 0 Å². The molecule has 0 fully saturated rings. The van der Waals surface area contributed by atoms with Gasteiger partial charge in [-0.25, -0.2) is 9.37 Å². The Morgan fingerprint density at radius 1 is 1.11 bits per heavy atom. The van der Waals surface area contributed by atoms with Crippen molar-refractivity contribution < 1.29 is 8.81 Å². The third kappa shape index (κ3) is 2.42. The molecular formula is C15H13FN2O. The average Bonchev–Trinajstić information content (AvgIpc) is 2.83. The molecule has 3 rings (SSSR count). The number of benzene rings is 2. The van der Waals surface area contributed by atoms with Crippen LogP contribution in [0.4, 0.5) is 10.1 Å². The monoisotopic (exact) mass is 256 g/mol. The number of para-hydroxylation sites is 2. The van der Waals surface area contributed by atoms with Gasteiger partial charge in [-0.1, -0.05) is 18.2 Å². The second-order valence-corrected chi connectivity index (χ2v) is 4.43. The molecule has 1 aromatic heterocycles. The predicted octanol–water partition coefficient (Wildman–Crippen LogP) is 3.33. The smallest absolute Gasteiger partial charge is 0.195 e. The Hall–Kier alpha value is -2.36. The largest absolute Gasteiger partial charge is 0.441 e. The van der Waals surface area contributed by atoms with Crippen LogP contribution in [0.1, 0.15) is 11.5 Å². The summed E-state index contributed by atoms with van der Waals surface area (Å²) < 4.78 is 18.7. The number of rotatable bonds is 3. The summed E-state index contributed by atoms with van der Waals surface area (Å²) in [6.45, 7) is 0. The highest BCUT2D eigenvalue weighted by Crippen LogP contribution is 2.17. The molecule has 0 saturated heterocycles. The van der Waals surface area contributed by atoms with Crippen LogP contribution in [0.3, 0.4) is 0 Å². The van der Waals surface area contributed by atoms with Gasteiger partial charge in [0.2, 0.25) is 0 Å². The number of aromatic nitrogens is 1. The summed E-state index contributed by atoms with van der Waals surface area (Å²) in [4.78, 5) is 4.40. The molecule has 2 N–H and O–H groups in total. The van der Waals surface area contributed by atoms with Gasteiger partial charge in [-0.05, 0) is 36.2 Å². The van der Waals surface area contributed by atoms with Crippen molar-refractivity contribution in [2.75, 3.05) is 5.73 Å². The van der Waals surface area contributed by atoms with Gasteiger partial charge in [0, 0.05) is 6.42 Å². The Morgan fingerprint density at radius 3 is 2.74 bits per heavy atom. The van der Waals surface area contributed by atoms with Crippen LogP contribution in [0, 0.1) is 5.82 Å². The standard InChI is InChI=1S/C15H13FN2O/c16-11-7-5-10(9-12(11)17)6-8-15-18-13-3-1-2-4-14(13)19-15/h1-5,7,9H,6,8,17H2. The Labute approximate surface area is 109 Å². The first-order chi connectivity index (χ1) is 9.22. The van der Waals surface area contributed by atoms with Crippen molar-refractivity contribution >= 4 is 16.8 Å². The molecule has 0 aliphatic carbocycles. The van der Waals surface area contributed by atoms with Crippen molar-refractivity contribution in [1.82, 2.24) is 4.98 Å². The van der Waals surface area contributed by atoms with Gasteiger partial charge in [-0.2, -0.15) is 0 Å². The van der Waals surface area contributed by atoms with Crippen molar-refractivity contribution in [3.63, 3.8) is 0 Å². The van der Waals surface area contributed by atoms with Crippen LogP contribution in [0.15, 0.2) is 46.9 Å². The highest BCUT2D eigenvalue weighted by atomic mass is 19.1. The van der Waals surface area contributed by atoms with Gasteiger partial charge >= 0.3 is 0 Å². The third-order valence-electron chi connectivity index (χ3n) is 3.03. The molecule has 1 heterocycles. The fraction of sp³-hybridized carbons (Fsp3) is 0.133. The van der Waals surface area contributed by atoms with E-state index in [-0.39, 0.29) is 11.5 Å². The quantitative estimate of drug-likeness (QED) is 0.731. The molecule has 4 heteroatoms. The molecule has 3 nitrogen and oxygen atoms in total. The topological polar surface area (TPSA) is 52.0 Å². The lowest BCUT2D eigenvalue weighted by Crippen LogP contribution is -1.95. The first-order valence-corrected chi connectivity index (χ1v) is 6.11. The summed E-state index contributed by atoms with van der Waals surface area (Å²) in [7, 11) is 0. The highest BCUT2D eigenvalue weighted by Gasteiger charge is 2.06. The van der Waals surface area contributed by atoms with E-state index in [0.717, 1.165) is 23.1 Å². The number of oxazole rings is 1. The minimum atomic E-state index is -0.384. The lowest BCUT2D eigenvalue weighted by atomic mass is 10.1. The van der Waals surface area contributed by atoms with E-state index >= 15 is 0 Å². The predicted molar refractivity (Wildman–Crippen MR) is 72.2 cm³/mol. The van der Waals surface area contributed by atoms with Gasteiger partial charge in [-0.3, -0.25) is 0 Å². The van der Waals surface area contributed by atoms with Gasteiger partial charge in [-0.15, -0.1) is 0 Å². The number of hydrogen-bond acceptors (Lipinski definition) is 3. The fourth-order valence-electron chi connectivity index (χ4n) is 2.03. The van der Waals surface area contributed by atoms with Crippen LogP contribution in [0.25, 0.3) is 11.1 Å². The molecule has 0 spiro atoms. The Kier molecular flexibility index (Phi) is 2.91. The normalized spacial score (nSPS) is 11.0. The molecule has 2 aromatic carbocycles. The molecular weight excluding hydrogens is 243 g/mol. The summed E-state index contributed by atoms with van der Waals surface area (Å²) in [6.07, 6.45) is 1.39. The van der Waals surface area contributed by atoms with Crippen LogP contribution >= 0.6 is 0 Å². The van der Waals surface area contributed by atoms with Crippen molar-refractivity contribution in [1.29, 1.82) is 0 Å². The second kappa shape index (κ2) is 4.72. The number of fused-ring (bicyclic) bond motifs is 1. The van der Waals surface area contributed by atoms with Gasteiger partial charge in [0.15, 0.2) is 11.5 Å². The third-order valence-corrected chi connectivity index (χ3v) is 3.03. The molecule has 0 atom stereocenters. The lowest BCUT2D eigenvalue weighted by Gasteiger charge is -2.01. The van der Waals surface area contributed by atoms with E-state index in [2.05, 4.69) is 4.98 Å². The zero-order valence-electron chi connectivity index (χ0n) is 10.3. The maximum absolute atomic E-state index is 13.0. The molecule has 0 aliphatic heterocycles. The summed E-state index contributed by atoms with van der Waals surface area (Å²) in [5.74, 6) is 0.301. The SMILES string of the molecule is Nc1cc(CCc2nc3ccccc3o2)ccc1F. The number of aryl methyl sites for hydroxylation is 2. The van der Waals surface area contributed by atoms with E-state index in [1.807, 2.05) is 24.3 Å². The summed E-state index contributed by atoms with van der Waals surface area (Å²) >= 11 is 0. The Balaban J connectivity index is 1.76. The number of hydrogen-bond donors (Lipinski definition) is 1. The lowest BCUT2D eigenvalue weighted by molar-refractivity contribution is 0.528. The van der Waals surface area contributed by atoms with Gasteiger partial charge < -0.3 is 10.2 Å². The first kappa shape index (κ1) is 11.7. The minimum absolute atomic E-state index is 0.176. The maximum Gasteiger partial charge on any atom is 0.195 e. The van der Waals surface area contributed by atoms with E-state index in [4.69, 9.17) is 10.2 Å². The molecule has 0 bridgehead atoms. The number of nitrogens with zero attached hydrogens (tertiary/aromatic N) is 1. The van der Waals surface area contributed by atoms with Crippen molar-refractivity contribution in [2.45, 2.75) is 12.8 Å². The minimum Gasteiger partial charge on any atom is -0.441 e. The zero-order valence-corrected chi connectivity index (χ0v) is 10.3. The first-order valence-electron chi connectivity index (χ1n) is 6.11. The molecule has 0 saturated carbocycles. The summed E-state index contributed by atoms with van der Waals surface area (Å²) in [6, 6.07) is 12.4. The van der Waals surface area contributed by atoms with E-state index in [9.17, 15) is 4.39 Å². The van der Waals surface area contributed by atoms with Gasteiger partial charge in [0.25, 0.3) is 0 Å². The number of nitrogens with two attached hydrogens (primary N) is 1. The summed E-state index contributed by atoms with van der Waals surface area (Å²) in [5, 5.41) is 0. The Bertz CT molecular complexity index is 688. The molecule has 0 unspecified atom stereocenters. The number of halogens is 1. The number of anilines is 1. The van der Waals surface area contributed by atoms with Crippen LogP contribution < -0.4 is 5.73 Å². The fourth-order valence-corrected chi connectivity index (χ4v) is 2.03. The van der Waals surface area contributed by atoms with E-state index < -0.39 is 0 Å². The molecule has 0 aliphatic rings. The number of nitrogen functional groups attached to an aromatic ring is 1. The van der Waals surface area contributed by atoms with E-state index in [1.165, 1.54) is 6.07 Å². The molecule has 19 heavy (non-hydrogen) atoms. The molecule has 3 aromatic rings. The summed E-state index contributed by atoms with van der Waals surface area (Å²) in [5.41, 5.74) is 8.33. The highest BCUT2D eigenvalue weighted by molar-refractivity contribution is 5.72. The maximum atomic E-state index is 13.0. The van der Waals surface area contributed by atoms with Gasteiger partial charge in [0.05, 0.1) is 5.69 Å². The van der Waals surface area contributed by atoms with Crippen LogP contribution in [0.2, 0.25) is 0 Å². The average molecular weight is 256 g/mol. The Morgan fingerprint density at radius 2 is 1.95 bits per heavy atom. The van der Waals surface area contributed by atoms with Gasteiger partial charge in [0.1, 0.15) is 11.3 Å². The van der Waals surface area contributed by atoms with Crippen molar-refractivity contribution in [3.8, 4) is 0 Å². The molecule has 0 radical (unpaired) electrons. The van der Waals surface area contributed by atoms with E-state index in [1.54, 1.807) is 12.1 Å². The van der Waals surface area contributed by atoms with Crippen LogP contribution in [-0.4, -0.2) is 4.98 Å².